The minimum absolute atomic E-state index is 0.0378. The fraction of sp³-hybridized carbons (Fsp3) is 0.176. The smallest absolute Gasteiger partial charge is 0.169 e. The maximum atomic E-state index is 9.65. The van der Waals surface area contributed by atoms with E-state index in [2.05, 4.69) is 18.2 Å². The lowest BCUT2D eigenvalue weighted by atomic mass is 10.0. The molecule has 0 saturated heterocycles. The Morgan fingerprint density at radius 2 is 1.86 bits per heavy atom. The summed E-state index contributed by atoms with van der Waals surface area (Å²) in [4.78, 5) is 1.07. The van der Waals surface area contributed by atoms with Gasteiger partial charge in [0.1, 0.15) is 0 Å². The van der Waals surface area contributed by atoms with Gasteiger partial charge < -0.3 is 14.6 Å². The molecule has 0 fully saturated rings. The first kappa shape index (κ1) is 13.9. The van der Waals surface area contributed by atoms with E-state index in [0.29, 0.717) is 11.5 Å². The Hall–Kier alpha value is -2.04. The Morgan fingerprint density at radius 1 is 1.05 bits per heavy atom. The predicted octanol–water partition coefficient (Wildman–Crippen LogP) is 4.08. The molecule has 0 unspecified atom stereocenters. The second kappa shape index (κ2) is 5.76. The van der Waals surface area contributed by atoms with Crippen molar-refractivity contribution in [3.8, 4) is 21.9 Å². The van der Waals surface area contributed by atoms with Crippen molar-refractivity contribution in [1.82, 2.24) is 0 Å². The van der Waals surface area contributed by atoms with Crippen molar-refractivity contribution >= 4 is 21.4 Å². The molecule has 0 aliphatic carbocycles. The van der Waals surface area contributed by atoms with Gasteiger partial charge in [-0.2, -0.15) is 0 Å². The standard InChI is InChI=1S/C17H16O3S/c1-19-13-8-7-12(10-18)16(17(13)20-2)15-9-11-5-3-4-6-14(11)21-15/h3-9,18H,10H2,1-2H3. The van der Waals surface area contributed by atoms with Crippen LogP contribution in [0.15, 0.2) is 42.5 Å². The fourth-order valence-electron chi connectivity index (χ4n) is 2.47. The Balaban J connectivity index is 2.28. The summed E-state index contributed by atoms with van der Waals surface area (Å²) in [5.74, 6) is 1.33. The van der Waals surface area contributed by atoms with Gasteiger partial charge in [-0.15, -0.1) is 11.3 Å². The lowest BCUT2D eigenvalue weighted by molar-refractivity contribution is 0.281. The number of aliphatic hydroxyl groups excluding tert-OH is 1. The number of aliphatic hydroxyl groups is 1. The van der Waals surface area contributed by atoms with E-state index in [9.17, 15) is 5.11 Å². The van der Waals surface area contributed by atoms with Crippen LogP contribution in [-0.2, 0) is 6.61 Å². The van der Waals surface area contributed by atoms with Crippen LogP contribution >= 0.6 is 11.3 Å². The highest BCUT2D eigenvalue weighted by Gasteiger charge is 2.18. The van der Waals surface area contributed by atoms with E-state index in [1.54, 1.807) is 25.6 Å². The molecular weight excluding hydrogens is 284 g/mol. The van der Waals surface area contributed by atoms with Crippen LogP contribution in [0.25, 0.3) is 20.5 Å². The zero-order valence-electron chi connectivity index (χ0n) is 11.9. The van der Waals surface area contributed by atoms with Gasteiger partial charge in [0.25, 0.3) is 0 Å². The van der Waals surface area contributed by atoms with Crippen LogP contribution in [0.2, 0.25) is 0 Å². The van der Waals surface area contributed by atoms with Crippen LogP contribution in [0, 0.1) is 0 Å². The van der Waals surface area contributed by atoms with Gasteiger partial charge in [0.15, 0.2) is 11.5 Å². The van der Waals surface area contributed by atoms with Crippen molar-refractivity contribution in [2.45, 2.75) is 6.61 Å². The summed E-state index contributed by atoms with van der Waals surface area (Å²) in [6, 6.07) is 14.0. The number of rotatable bonds is 4. The van der Waals surface area contributed by atoms with E-state index < -0.39 is 0 Å². The molecule has 4 heteroatoms. The molecule has 0 atom stereocenters. The van der Waals surface area contributed by atoms with Gasteiger partial charge in [-0.05, 0) is 29.1 Å². The first-order valence-electron chi connectivity index (χ1n) is 6.62. The average Bonchev–Trinajstić information content (AvgIpc) is 2.96. The Kier molecular flexibility index (Phi) is 3.82. The summed E-state index contributed by atoms with van der Waals surface area (Å²) in [5.41, 5.74) is 1.74. The maximum Gasteiger partial charge on any atom is 0.169 e. The summed E-state index contributed by atoms with van der Waals surface area (Å²) < 4.78 is 12.1. The molecule has 0 saturated carbocycles. The Labute approximate surface area is 127 Å². The van der Waals surface area contributed by atoms with E-state index in [-0.39, 0.29) is 6.61 Å². The maximum absolute atomic E-state index is 9.65. The molecular formula is C17H16O3S. The number of methoxy groups -OCH3 is 2. The van der Waals surface area contributed by atoms with Gasteiger partial charge in [-0.25, -0.2) is 0 Å². The minimum Gasteiger partial charge on any atom is -0.493 e. The second-order valence-corrected chi connectivity index (χ2v) is 5.73. The SMILES string of the molecule is COc1ccc(CO)c(-c2cc3ccccc3s2)c1OC. The van der Waals surface area contributed by atoms with Crippen LogP contribution in [0.1, 0.15) is 5.56 Å². The monoisotopic (exact) mass is 300 g/mol. The van der Waals surface area contributed by atoms with Crippen LogP contribution in [-0.4, -0.2) is 19.3 Å². The molecule has 1 heterocycles. The molecule has 108 valence electrons. The first-order valence-corrected chi connectivity index (χ1v) is 7.43. The molecule has 0 radical (unpaired) electrons. The van der Waals surface area contributed by atoms with Gasteiger partial charge in [0, 0.05) is 15.1 Å². The van der Waals surface area contributed by atoms with Gasteiger partial charge in [-0.1, -0.05) is 24.3 Å². The summed E-state index contributed by atoms with van der Waals surface area (Å²) in [6.07, 6.45) is 0. The summed E-state index contributed by atoms with van der Waals surface area (Å²) in [6.45, 7) is -0.0378. The number of fused-ring (bicyclic) bond motifs is 1. The first-order chi connectivity index (χ1) is 10.3. The molecule has 0 bridgehead atoms. The second-order valence-electron chi connectivity index (χ2n) is 4.64. The highest BCUT2D eigenvalue weighted by molar-refractivity contribution is 7.22. The number of ether oxygens (including phenoxy) is 2. The zero-order chi connectivity index (χ0) is 14.8. The molecule has 0 amide bonds. The fourth-order valence-corrected chi connectivity index (χ4v) is 3.61. The van der Waals surface area contributed by atoms with Gasteiger partial charge in [0.2, 0.25) is 0 Å². The molecule has 21 heavy (non-hydrogen) atoms. The molecule has 0 aliphatic heterocycles. The van der Waals surface area contributed by atoms with Crippen molar-refractivity contribution in [3.63, 3.8) is 0 Å². The van der Waals surface area contributed by atoms with Crippen molar-refractivity contribution in [2.75, 3.05) is 14.2 Å². The van der Waals surface area contributed by atoms with E-state index >= 15 is 0 Å². The van der Waals surface area contributed by atoms with Gasteiger partial charge in [-0.3, -0.25) is 0 Å². The molecule has 1 aromatic heterocycles. The molecule has 1 N–H and O–H groups in total. The van der Waals surface area contributed by atoms with Crippen LogP contribution in [0.5, 0.6) is 11.5 Å². The van der Waals surface area contributed by atoms with Crippen LogP contribution < -0.4 is 9.47 Å². The summed E-state index contributed by atoms with van der Waals surface area (Å²) in [5, 5.41) is 10.8. The molecule has 3 nitrogen and oxygen atoms in total. The molecule has 2 aromatic carbocycles. The third-order valence-corrected chi connectivity index (χ3v) is 4.61. The van der Waals surface area contributed by atoms with Crippen LogP contribution in [0.4, 0.5) is 0 Å². The third kappa shape index (κ3) is 2.37. The minimum atomic E-state index is -0.0378. The predicted molar refractivity (Wildman–Crippen MR) is 86.3 cm³/mol. The van der Waals surface area contributed by atoms with Gasteiger partial charge >= 0.3 is 0 Å². The number of hydrogen-bond donors (Lipinski definition) is 1. The quantitative estimate of drug-likeness (QED) is 0.789. The number of benzene rings is 2. The van der Waals surface area contributed by atoms with Crippen molar-refractivity contribution in [3.05, 3.63) is 48.0 Å². The Bertz CT molecular complexity index is 744. The van der Waals surface area contributed by atoms with Crippen LogP contribution in [0.3, 0.4) is 0 Å². The molecule has 3 rings (SSSR count). The number of hydrogen-bond acceptors (Lipinski definition) is 4. The van der Waals surface area contributed by atoms with E-state index in [1.807, 2.05) is 24.3 Å². The third-order valence-electron chi connectivity index (χ3n) is 3.47. The zero-order valence-corrected chi connectivity index (χ0v) is 12.7. The van der Waals surface area contributed by atoms with Crippen molar-refractivity contribution in [2.24, 2.45) is 0 Å². The van der Waals surface area contributed by atoms with Crippen molar-refractivity contribution < 1.29 is 14.6 Å². The largest absolute Gasteiger partial charge is 0.493 e. The molecule has 0 aliphatic rings. The van der Waals surface area contributed by atoms with Crippen molar-refractivity contribution in [1.29, 1.82) is 0 Å². The van der Waals surface area contributed by atoms with Gasteiger partial charge in [0.05, 0.1) is 20.8 Å². The summed E-state index contributed by atoms with van der Waals surface area (Å²) in [7, 11) is 3.24. The average molecular weight is 300 g/mol. The number of thiophene rings is 1. The molecule has 3 aromatic rings. The normalized spacial score (nSPS) is 10.8. The Morgan fingerprint density at radius 3 is 2.52 bits per heavy atom. The highest BCUT2D eigenvalue weighted by Crippen LogP contribution is 2.44. The lowest BCUT2D eigenvalue weighted by Gasteiger charge is -2.14. The topological polar surface area (TPSA) is 38.7 Å². The highest BCUT2D eigenvalue weighted by atomic mass is 32.1. The van der Waals surface area contributed by atoms with E-state index in [4.69, 9.17) is 9.47 Å². The lowest BCUT2D eigenvalue weighted by Crippen LogP contribution is -1.97. The van der Waals surface area contributed by atoms with E-state index in [1.165, 1.54) is 10.1 Å². The van der Waals surface area contributed by atoms with E-state index in [0.717, 1.165) is 16.0 Å². The molecule has 0 spiro atoms. The summed E-state index contributed by atoms with van der Waals surface area (Å²) >= 11 is 1.68.